The highest BCUT2D eigenvalue weighted by Crippen LogP contribution is 2.12. The van der Waals surface area contributed by atoms with E-state index in [1.807, 2.05) is 20.8 Å². The Kier molecular flexibility index (Phi) is 6.51. The van der Waals surface area contributed by atoms with E-state index in [9.17, 15) is 14.4 Å². The minimum absolute atomic E-state index is 0.00485. The van der Waals surface area contributed by atoms with Gasteiger partial charge in [0.1, 0.15) is 0 Å². The van der Waals surface area contributed by atoms with Crippen LogP contribution in [0.2, 0.25) is 0 Å². The Morgan fingerprint density at radius 3 is 2.08 bits per heavy atom. The summed E-state index contributed by atoms with van der Waals surface area (Å²) in [4.78, 5) is 36.6. The summed E-state index contributed by atoms with van der Waals surface area (Å²) in [7, 11) is 1.56. The minimum atomic E-state index is -0.944. The van der Waals surface area contributed by atoms with Gasteiger partial charge >= 0.3 is 5.97 Å². The third-order valence-electron chi connectivity index (χ3n) is 3.49. The molecule has 0 saturated heterocycles. The van der Waals surface area contributed by atoms with Crippen molar-refractivity contribution in [3.05, 3.63) is 35.4 Å². The average molecular weight is 334 g/mol. The molecule has 1 unspecified atom stereocenters. The first-order valence-corrected chi connectivity index (χ1v) is 7.88. The molecule has 0 aliphatic rings. The fourth-order valence-electron chi connectivity index (χ4n) is 2.00. The van der Waals surface area contributed by atoms with E-state index in [1.54, 1.807) is 38.2 Å². The number of carboxylic acids is 1. The lowest BCUT2D eigenvalue weighted by Gasteiger charge is -2.20. The molecule has 132 valence electrons. The van der Waals surface area contributed by atoms with Gasteiger partial charge < -0.3 is 15.3 Å². The Labute approximate surface area is 142 Å². The van der Waals surface area contributed by atoms with Gasteiger partial charge in [-0.15, -0.1) is 0 Å². The molecule has 0 heterocycles. The summed E-state index contributed by atoms with van der Waals surface area (Å²) in [6.45, 7) is 8.33. The Bertz CT molecular complexity index is 602. The minimum Gasteiger partial charge on any atom is -0.481 e. The third kappa shape index (κ3) is 6.02. The Morgan fingerprint density at radius 2 is 1.62 bits per heavy atom. The largest absolute Gasteiger partial charge is 0.481 e. The number of benzene rings is 1. The van der Waals surface area contributed by atoms with E-state index in [0.717, 1.165) is 0 Å². The predicted octanol–water partition coefficient (Wildman–Crippen LogP) is 2.26. The van der Waals surface area contributed by atoms with Crippen LogP contribution in [-0.2, 0) is 4.79 Å². The average Bonchev–Trinajstić information content (AvgIpc) is 2.51. The van der Waals surface area contributed by atoms with Gasteiger partial charge in [0, 0.05) is 31.3 Å². The second-order valence-corrected chi connectivity index (χ2v) is 7.25. The molecule has 0 radical (unpaired) electrons. The van der Waals surface area contributed by atoms with Crippen molar-refractivity contribution >= 4 is 17.8 Å². The van der Waals surface area contributed by atoms with Crippen LogP contribution in [-0.4, -0.2) is 47.9 Å². The number of carboxylic acid groups (broad SMARTS) is 1. The second kappa shape index (κ2) is 7.95. The number of rotatable bonds is 6. The number of hydrogen-bond acceptors (Lipinski definition) is 3. The number of carbonyl (C=O) groups excluding carboxylic acids is 2. The van der Waals surface area contributed by atoms with Crippen molar-refractivity contribution in [3.8, 4) is 0 Å². The van der Waals surface area contributed by atoms with Gasteiger partial charge in [0.25, 0.3) is 11.8 Å². The lowest BCUT2D eigenvalue weighted by Crippen LogP contribution is -2.34. The van der Waals surface area contributed by atoms with Crippen LogP contribution in [0.5, 0.6) is 0 Å². The number of nitrogens with one attached hydrogen (secondary N) is 1. The van der Waals surface area contributed by atoms with Gasteiger partial charge in [0.15, 0.2) is 0 Å². The number of nitrogens with zero attached hydrogens (tertiary/aromatic N) is 1. The van der Waals surface area contributed by atoms with Crippen LogP contribution in [0.1, 0.15) is 48.4 Å². The maximum Gasteiger partial charge on any atom is 0.308 e. The summed E-state index contributed by atoms with van der Waals surface area (Å²) >= 11 is 0. The van der Waals surface area contributed by atoms with E-state index >= 15 is 0 Å². The second-order valence-electron chi connectivity index (χ2n) is 7.25. The predicted molar refractivity (Wildman–Crippen MR) is 92.0 cm³/mol. The van der Waals surface area contributed by atoms with Gasteiger partial charge in [-0.25, -0.2) is 0 Å². The van der Waals surface area contributed by atoms with Crippen LogP contribution < -0.4 is 5.32 Å². The molecule has 24 heavy (non-hydrogen) atoms. The molecule has 0 aromatic heterocycles. The topological polar surface area (TPSA) is 86.7 Å². The van der Waals surface area contributed by atoms with Gasteiger partial charge in [0.2, 0.25) is 0 Å². The highest BCUT2D eigenvalue weighted by molar-refractivity contribution is 5.97. The molecule has 1 rings (SSSR count). The monoisotopic (exact) mass is 334 g/mol. The molecular formula is C18H26N2O4. The maximum atomic E-state index is 12.3. The van der Waals surface area contributed by atoms with Gasteiger partial charge in [-0.3, -0.25) is 14.4 Å². The van der Waals surface area contributed by atoms with E-state index in [1.165, 1.54) is 4.90 Å². The zero-order valence-corrected chi connectivity index (χ0v) is 14.9. The molecule has 0 spiro atoms. The highest BCUT2D eigenvalue weighted by Gasteiger charge is 2.19. The first-order chi connectivity index (χ1) is 11.0. The Balaban J connectivity index is 2.71. The summed E-state index contributed by atoms with van der Waals surface area (Å²) in [5.41, 5.74) is 0.898. The van der Waals surface area contributed by atoms with E-state index in [2.05, 4.69) is 5.32 Å². The number of hydrogen-bond donors (Lipinski definition) is 2. The van der Waals surface area contributed by atoms with Crippen molar-refractivity contribution in [2.45, 2.75) is 27.7 Å². The molecule has 2 amide bonds. The van der Waals surface area contributed by atoms with Crippen LogP contribution in [0.25, 0.3) is 0 Å². The zero-order chi connectivity index (χ0) is 18.5. The molecule has 6 nitrogen and oxygen atoms in total. The molecule has 1 aromatic carbocycles. The van der Waals surface area contributed by atoms with Gasteiger partial charge in [-0.1, -0.05) is 27.7 Å². The van der Waals surface area contributed by atoms with Crippen molar-refractivity contribution in [2.75, 3.05) is 20.1 Å². The van der Waals surface area contributed by atoms with Gasteiger partial charge in [0.05, 0.1) is 5.92 Å². The molecule has 6 heteroatoms. The maximum absolute atomic E-state index is 12.3. The van der Waals surface area contributed by atoms with Crippen LogP contribution in [0, 0.1) is 11.3 Å². The SMILES string of the molecule is CC(CN(C)C(=O)c1ccc(C(=O)NCC(C)(C)C)cc1)C(=O)O. The van der Waals surface area contributed by atoms with Crippen molar-refractivity contribution < 1.29 is 19.5 Å². The van der Waals surface area contributed by atoms with Crippen LogP contribution in [0.15, 0.2) is 24.3 Å². The molecule has 2 N–H and O–H groups in total. The lowest BCUT2D eigenvalue weighted by atomic mass is 9.97. The van der Waals surface area contributed by atoms with Crippen LogP contribution in [0.4, 0.5) is 0 Å². The fourth-order valence-corrected chi connectivity index (χ4v) is 2.00. The van der Waals surface area contributed by atoms with E-state index < -0.39 is 11.9 Å². The molecule has 0 aliphatic heterocycles. The molecule has 0 fully saturated rings. The fraction of sp³-hybridized carbons (Fsp3) is 0.500. The van der Waals surface area contributed by atoms with E-state index in [0.29, 0.717) is 17.7 Å². The standard InChI is InChI=1S/C18H26N2O4/c1-12(17(23)24)10-20(5)16(22)14-8-6-13(7-9-14)15(21)19-11-18(2,3)4/h6-9,12H,10-11H2,1-5H3,(H,19,21)(H,23,24). The quantitative estimate of drug-likeness (QED) is 0.835. The summed E-state index contributed by atoms with van der Waals surface area (Å²) in [6, 6.07) is 6.35. The zero-order valence-electron chi connectivity index (χ0n) is 14.9. The third-order valence-corrected chi connectivity index (χ3v) is 3.49. The molecule has 0 saturated carbocycles. The van der Waals surface area contributed by atoms with Crippen LogP contribution in [0.3, 0.4) is 0 Å². The van der Waals surface area contributed by atoms with Crippen LogP contribution >= 0.6 is 0 Å². The number of aliphatic carboxylic acids is 1. The summed E-state index contributed by atoms with van der Waals surface area (Å²) in [6.07, 6.45) is 0. The number of carbonyl (C=O) groups is 3. The molecule has 1 atom stereocenters. The lowest BCUT2D eigenvalue weighted by molar-refractivity contribution is -0.141. The smallest absolute Gasteiger partial charge is 0.308 e. The summed E-state index contributed by atoms with van der Waals surface area (Å²) < 4.78 is 0. The molecule has 0 bridgehead atoms. The summed E-state index contributed by atoms with van der Waals surface area (Å²) in [5, 5.41) is 11.8. The van der Waals surface area contributed by atoms with E-state index in [-0.39, 0.29) is 23.8 Å². The van der Waals surface area contributed by atoms with Gasteiger partial charge in [-0.05, 0) is 29.7 Å². The van der Waals surface area contributed by atoms with Crippen molar-refractivity contribution in [1.29, 1.82) is 0 Å². The Hall–Kier alpha value is -2.37. The molecular weight excluding hydrogens is 308 g/mol. The first kappa shape index (κ1) is 19.7. The number of amides is 2. The van der Waals surface area contributed by atoms with Crippen molar-refractivity contribution in [2.24, 2.45) is 11.3 Å². The Morgan fingerprint density at radius 1 is 1.12 bits per heavy atom. The summed E-state index contributed by atoms with van der Waals surface area (Å²) in [5.74, 6) is -2.04. The van der Waals surface area contributed by atoms with E-state index in [4.69, 9.17) is 5.11 Å². The highest BCUT2D eigenvalue weighted by atomic mass is 16.4. The normalized spacial score (nSPS) is 12.4. The van der Waals surface area contributed by atoms with Crippen molar-refractivity contribution in [1.82, 2.24) is 10.2 Å². The molecule has 0 aliphatic carbocycles. The van der Waals surface area contributed by atoms with Crippen molar-refractivity contribution in [3.63, 3.8) is 0 Å². The van der Waals surface area contributed by atoms with Gasteiger partial charge in [-0.2, -0.15) is 0 Å². The molecule has 1 aromatic rings. The first-order valence-electron chi connectivity index (χ1n) is 7.88.